The Bertz CT molecular complexity index is 1230. The molecule has 7 heteroatoms. The van der Waals surface area contributed by atoms with Gasteiger partial charge in [0.25, 0.3) is 15.6 Å². The number of nitrogens with zero attached hydrogens (tertiary/aromatic N) is 1. The van der Waals surface area contributed by atoms with Crippen molar-refractivity contribution in [2.45, 2.75) is 44.4 Å². The van der Waals surface area contributed by atoms with Gasteiger partial charge in [-0.3, -0.25) is 9.52 Å². The van der Waals surface area contributed by atoms with Gasteiger partial charge in [0.2, 0.25) is 0 Å². The van der Waals surface area contributed by atoms with Crippen LogP contribution in [-0.2, 0) is 22.9 Å². The lowest BCUT2D eigenvalue weighted by Gasteiger charge is -2.18. The smallest absolute Gasteiger partial charge is 0.267 e. The SMILES string of the molecule is Cc1ccc(NS(=O)(=O)c2cc(-c3n[nH]c(=O)c4c3CCCC4)ccc2C)cc1. The van der Waals surface area contributed by atoms with Gasteiger partial charge >= 0.3 is 0 Å². The zero-order valence-corrected chi connectivity index (χ0v) is 17.3. The fraction of sp³-hybridized carbons (Fsp3) is 0.273. The average molecular weight is 410 g/mol. The van der Waals surface area contributed by atoms with Crippen molar-refractivity contribution >= 4 is 15.7 Å². The second kappa shape index (κ2) is 7.48. The summed E-state index contributed by atoms with van der Waals surface area (Å²) >= 11 is 0. The molecule has 2 N–H and O–H groups in total. The molecule has 0 saturated carbocycles. The molecule has 0 spiro atoms. The zero-order valence-electron chi connectivity index (χ0n) is 16.5. The van der Waals surface area contributed by atoms with Crippen molar-refractivity contribution in [3.05, 3.63) is 75.1 Å². The summed E-state index contributed by atoms with van der Waals surface area (Å²) in [4.78, 5) is 12.3. The first kappa shape index (κ1) is 19.4. The van der Waals surface area contributed by atoms with E-state index in [9.17, 15) is 13.2 Å². The van der Waals surface area contributed by atoms with Crippen molar-refractivity contribution in [2.24, 2.45) is 0 Å². The van der Waals surface area contributed by atoms with E-state index in [4.69, 9.17) is 0 Å². The molecule has 150 valence electrons. The average Bonchev–Trinajstić information content (AvgIpc) is 2.71. The minimum Gasteiger partial charge on any atom is -0.280 e. The topological polar surface area (TPSA) is 91.9 Å². The van der Waals surface area contributed by atoms with Crippen molar-refractivity contribution < 1.29 is 8.42 Å². The molecular weight excluding hydrogens is 386 g/mol. The van der Waals surface area contributed by atoms with Crippen LogP contribution in [0.2, 0.25) is 0 Å². The standard InChI is InChI=1S/C22H23N3O3S/c1-14-7-11-17(12-8-14)25-29(27,28)20-13-16(10-9-15(20)2)21-18-5-3-4-6-19(18)22(26)24-23-21/h7-13,25H,3-6H2,1-2H3,(H,24,26). The molecule has 0 bridgehead atoms. The van der Waals surface area contributed by atoms with E-state index in [-0.39, 0.29) is 10.5 Å². The molecule has 0 saturated heterocycles. The summed E-state index contributed by atoms with van der Waals surface area (Å²) in [5.74, 6) is 0. The lowest BCUT2D eigenvalue weighted by Crippen LogP contribution is -2.21. The van der Waals surface area contributed by atoms with Crippen LogP contribution in [0.3, 0.4) is 0 Å². The Kier molecular flexibility index (Phi) is 5.00. The van der Waals surface area contributed by atoms with Crippen LogP contribution in [0.5, 0.6) is 0 Å². The second-order valence-corrected chi connectivity index (χ2v) is 9.17. The Morgan fingerprint density at radius 2 is 1.66 bits per heavy atom. The van der Waals surface area contributed by atoms with Crippen LogP contribution < -0.4 is 10.3 Å². The van der Waals surface area contributed by atoms with Crippen LogP contribution in [-0.4, -0.2) is 18.6 Å². The summed E-state index contributed by atoms with van der Waals surface area (Å²) in [5.41, 5.74) is 5.11. The van der Waals surface area contributed by atoms with Gasteiger partial charge < -0.3 is 0 Å². The Morgan fingerprint density at radius 3 is 2.38 bits per heavy atom. The molecule has 6 nitrogen and oxygen atoms in total. The summed E-state index contributed by atoms with van der Waals surface area (Å²) in [6.07, 6.45) is 3.48. The number of fused-ring (bicyclic) bond motifs is 1. The Balaban J connectivity index is 1.77. The maximum absolute atomic E-state index is 13.0. The van der Waals surface area contributed by atoms with Gasteiger partial charge in [-0.05, 0) is 68.9 Å². The van der Waals surface area contributed by atoms with Gasteiger partial charge in [0.05, 0.1) is 10.6 Å². The van der Waals surface area contributed by atoms with Gasteiger partial charge in [0, 0.05) is 16.8 Å². The molecular formula is C22H23N3O3S. The zero-order chi connectivity index (χ0) is 20.6. The molecule has 0 atom stereocenters. The molecule has 1 heterocycles. The van der Waals surface area contributed by atoms with Gasteiger partial charge in [-0.1, -0.05) is 29.8 Å². The number of hydrogen-bond donors (Lipinski definition) is 2. The number of aryl methyl sites for hydroxylation is 2. The third-order valence-electron chi connectivity index (χ3n) is 5.35. The summed E-state index contributed by atoms with van der Waals surface area (Å²) in [6.45, 7) is 3.72. The van der Waals surface area contributed by atoms with Crippen molar-refractivity contribution in [1.29, 1.82) is 0 Å². The number of sulfonamides is 1. The van der Waals surface area contributed by atoms with Crippen molar-refractivity contribution in [3.63, 3.8) is 0 Å². The molecule has 1 aromatic heterocycles. The first-order valence-electron chi connectivity index (χ1n) is 9.66. The number of aromatic amines is 1. The molecule has 4 rings (SSSR count). The minimum atomic E-state index is -3.77. The molecule has 0 radical (unpaired) electrons. The molecule has 3 aromatic rings. The number of aromatic nitrogens is 2. The summed E-state index contributed by atoms with van der Waals surface area (Å²) in [7, 11) is -3.77. The molecule has 0 amide bonds. The number of rotatable bonds is 4. The number of H-pyrrole nitrogens is 1. The van der Waals surface area contributed by atoms with Crippen molar-refractivity contribution in [2.75, 3.05) is 4.72 Å². The van der Waals surface area contributed by atoms with Crippen LogP contribution in [0.4, 0.5) is 5.69 Å². The molecule has 1 aliphatic rings. The lowest BCUT2D eigenvalue weighted by atomic mass is 9.90. The summed E-state index contributed by atoms with van der Waals surface area (Å²) < 4.78 is 28.7. The highest BCUT2D eigenvalue weighted by molar-refractivity contribution is 7.92. The van der Waals surface area contributed by atoms with E-state index in [1.807, 2.05) is 25.1 Å². The number of benzene rings is 2. The maximum atomic E-state index is 13.0. The number of hydrogen-bond acceptors (Lipinski definition) is 4. The highest BCUT2D eigenvalue weighted by Gasteiger charge is 2.22. The molecule has 29 heavy (non-hydrogen) atoms. The van der Waals surface area contributed by atoms with Crippen LogP contribution in [0.1, 0.15) is 35.1 Å². The quantitative estimate of drug-likeness (QED) is 0.687. The highest BCUT2D eigenvalue weighted by atomic mass is 32.2. The van der Waals surface area contributed by atoms with Crippen LogP contribution >= 0.6 is 0 Å². The van der Waals surface area contributed by atoms with E-state index in [0.29, 0.717) is 22.5 Å². The molecule has 0 fully saturated rings. The second-order valence-electron chi connectivity index (χ2n) is 7.52. The van der Waals surface area contributed by atoms with Gasteiger partial charge in [0.15, 0.2) is 0 Å². The number of anilines is 1. The van der Waals surface area contributed by atoms with Crippen LogP contribution in [0.15, 0.2) is 52.2 Å². The van der Waals surface area contributed by atoms with Crippen LogP contribution in [0, 0.1) is 13.8 Å². The normalized spacial score (nSPS) is 13.7. The molecule has 0 aliphatic heterocycles. The Labute approximate surface area is 170 Å². The summed E-state index contributed by atoms with van der Waals surface area (Å²) in [6, 6.07) is 12.5. The third kappa shape index (κ3) is 3.82. The fourth-order valence-corrected chi connectivity index (χ4v) is 5.10. The first-order valence-corrected chi connectivity index (χ1v) is 11.1. The minimum absolute atomic E-state index is 0.149. The lowest BCUT2D eigenvalue weighted by molar-refractivity contribution is 0.600. The molecule has 1 aliphatic carbocycles. The predicted octanol–water partition coefficient (Wildman–Crippen LogP) is 3.73. The highest BCUT2D eigenvalue weighted by Crippen LogP contribution is 2.30. The first-order chi connectivity index (χ1) is 13.8. The van der Waals surface area contributed by atoms with Gasteiger partial charge in [-0.2, -0.15) is 5.10 Å². The third-order valence-corrected chi connectivity index (χ3v) is 6.88. The van der Waals surface area contributed by atoms with E-state index >= 15 is 0 Å². The Morgan fingerprint density at radius 1 is 0.966 bits per heavy atom. The van der Waals surface area contributed by atoms with E-state index in [1.165, 1.54) is 0 Å². The Hall–Kier alpha value is -2.93. The van der Waals surface area contributed by atoms with Gasteiger partial charge in [-0.15, -0.1) is 0 Å². The maximum Gasteiger partial charge on any atom is 0.267 e. The van der Waals surface area contributed by atoms with Gasteiger partial charge in [-0.25, -0.2) is 13.5 Å². The van der Waals surface area contributed by atoms with E-state index in [0.717, 1.165) is 42.4 Å². The van der Waals surface area contributed by atoms with E-state index in [1.54, 1.807) is 31.2 Å². The molecule has 2 aromatic carbocycles. The van der Waals surface area contributed by atoms with Crippen molar-refractivity contribution in [1.82, 2.24) is 10.2 Å². The fourth-order valence-electron chi connectivity index (χ4n) is 3.77. The monoisotopic (exact) mass is 409 g/mol. The van der Waals surface area contributed by atoms with Crippen molar-refractivity contribution in [3.8, 4) is 11.3 Å². The number of nitrogens with one attached hydrogen (secondary N) is 2. The van der Waals surface area contributed by atoms with E-state index in [2.05, 4.69) is 14.9 Å². The van der Waals surface area contributed by atoms with Gasteiger partial charge in [0.1, 0.15) is 0 Å². The molecule has 0 unspecified atom stereocenters. The van der Waals surface area contributed by atoms with E-state index < -0.39 is 10.0 Å². The summed E-state index contributed by atoms with van der Waals surface area (Å²) in [5, 5.41) is 6.83. The largest absolute Gasteiger partial charge is 0.280 e. The predicted molar refractivity (Wildman–Crippen MR) is 114 cm³/mol. The van der Waals surface area contributed by atoms with Crippen LogP contribution in [0.25, 0.3) is 11.3 Å².